The van der Waals surface area contributed by atoms with Gasteiger partial charge in [0.05, 0.1) is 0 Å². The van der Waals surface area contributed by atoms with Crippen molar-refractivity contribution in [2.45, 2.75) is 57.0 Å². The van der Waals surface area contributed by atoms with Gasteiger partial charge in [0.25, 0.3) is 5.91 Å². The summed E-state index contributed by atoms with van der Waals surface area (Å²) < 4.78 is 0. The predicted octanol–water partition coefficient (Wildman–Crippen LogP) is 3.58. The fourth-order valence-corrected chi connectivity index (χ4v) is 6.10. The molecule has 3 bridgehead atoms. The van der Waals surface area contributed by atoms with E-state index in [0.29, 0.717) is 0 Å². The Balaban J connectivity index is 1.53. The molecule has 1 aliphatic heterocycles. The van der Waals surface area contributed by atoms with Crippen molar-refractivity contribution in [3.8, 4) is 0 Å². The summed E-state index contributed by atoms with van der Waals surface area (Å²) in [6, 6.07) is 5.81. The molecule has 3 heteroatoms. The number of nitrogens with two attached hydrogens (primary N) is 1. The van der Waals surface area contributed by atoms with Crippen LogP contribution in [0.1, 0.15) is 60.9 Å². The van der Waals surface area contributed by atoms with E-state index in [1.54, 1.807) is 0 Å². The van der Waals surface area contributed by atoms with Crippen molar-refractivity contribution in [2.24, 2.45) is 17.8 Å². The van der Waals surface area contributed by atoms with E-state index < -0.39 is 0 Å². The molecule has 3 aliphatic carbocycles. The molecule has 3 fully saturated rings. The molecule has 4 atom stereocenters. The maximum atomic E-state index is 13.0. The molecule has 0 aromatic heterocycles. The summed E-state index contributed by atoms with van der Waals surface area (Å²) >= 11 is 0. The fourth-order valence-electron chi connectivity index (χ4n) is 6.10. The predicted molar refractivity (Wildman–Crippen MR) is 86.2 cm³/mol. The second-order valence-corrected chi connectivity index (χ2v) is 8.14. The number of carbonyl (C=O) groups excluding carboxylic acids is 1. The third-order valence-corrected chi connectivity index (χ3v) is 7.12. The number of benzene rings is 1. The number of hydrogen-bond donors (Lipinski definition) is 1. The van der Waals surface area contributed by atoms with Crippen LogP contribution in [0.2, 0.25) is 0 Å². The third-order valence-electron chi connectivity index (χ3n) is 7.12. The summed E-state index contributed by atoms with van der Waals surface area (Å²) in [6.07, 6.45) is 9.26. The maximum Gasteiger partial charge on any atom is 0.255 e. The number of anilines is 1. The Labute approximate surface area is 131 Å². The van der Waals surface area contributed by atoms with E-state index in [9.17, 15) is 4.79 Å². The number of carbonyl (C=O) groups is 1. The summed E-state index contributed by atoms with van der Waals surface area (Å²) in [6.45, 7) is 0.741. The molecule has 3 nitrogen and oxygen atoms in total. The van der Waals surface area contributed by atoms with Crippen LogP contribution in [0.5, 0.6) is 0 Å². The van der Waals surface area contributed by atoms with Crippen molar-refractivity contribution in [1.29, 1.82) is 0 Å². The van der Waals surface area contributed by atoms with Crippen LogP contribution < -0.4 is 5.73 Å². The normalized spacial score (nSPS) is 39.2. The first-order valence-electron chi connectivity index (χ1n) is 8.86. The number of nitrogens with zero attached hydrogens (tertiary/aromatic N) is 1. The first kappa shape index (κ1) is 13.0. The monoisotopic (exact) mass is 296 g/mol. The van der Waals surface area contributed by atoms with Crippen LogP contribution >= 0.6 is 0 Å². The summed E-state index contributed by atoms with van der Waals surface area (Å²) in [5, 5.41) is 0. The van der Waals surface area contributed by atoms with Gasteiger partial charge in [0.1, 0.15) is 0 Å². The second-order valence-electron chi connectivity index (χ2n) is 8.14. The zero-order valence-electron chi connectivity index (χ0n) is 13.1. The minimum Gasteiger partial charge on any atom is -0.398 e. The average Bonchev–Trinajstić information content (AvgIpc) is 2.85. The molecule has 4 unspecified atom stereocenters. The minimum absolute atomic E-state index is 0.132. The van der Waals surface area contributed by atoms with Gasteiger partial charge in [0.2, 0.25) is 0 Å². The van der Waals surface area contributed by atoms with Crippen LogP contribution in [0.15, 0.2) is 18.2 Å². The van der Waals surface area contributed by atoms with Gasteiger partial charge in [-0.3, -0.25) is 4.79 Å². The average molecular weight is 296 g/mol. The van der Waals surface area contributed by atoms with Crippen LogP contribution in [0.3, 0.4) is 0 Å². The van der Waals surface area contributed by atoms with Crippen LogP contribution in [0.4, 0.5) is 5.69 Å². The molecule has 1 aromatic rings. The molecular weight excluding hydrogens is 272 g/mol. The van der Waals surface area contributed by atoms with Crippen LogP contribution in [-0.2, 0) is 6.54 Å². The second kappa shape index (κ2) is 4.27. The molecular formula is C19H24N2O. The Kier molecular flexibility index (Phi) is 2.52. The maximum absolute atomic E-state index is 13.0. The van der Waals surface area contributed by atoms with E-state index in [2.05, 4.69) is 4.90 Å². The highest BCUT2D eigenvalue weighted by molar-refractivity contribution is 6.00. The summed E-state index contributed by atoms with van der Waals surface area (Å²) in [7, 11) is 0. The van der Waals surface area contributed by atoms with Crippen molar-refractivity contribution in [2.75, 3.05) is 5.73 Å². The molecule has 0 radical (unpaired) electrons. The van der Waals surface area contributed by atoms with E-state index in [4.69, 9.17) is 5.73 Å². The van der Waals surface area contributed by atoms with E-state index in [0.717, 1.165) is 41.1 Å². The van der Waals surface area contributed by atoms with Gasteiger partial charge in [-0.25, -0.2) is 0 Å². The molecule has 2 N–H and O–H groups in total. The van der Waals surface area contributed by atoms with Gasteiger partial charge in [-0.2, -0.15) is 0 Å². The standard InChI is InChI=1S/C19H24N2O/c20-17-3-1-2-15-16(17)11-21(18(15)22)19-7-6-13-5-4-12(9-19)8-14(13)10-19/h1-3,12-14H,4-11,20H2. The van der Waals surface area contributed by atoms with Crippen molar-refractivity contribution in [1.82, 2.24) is 4.90 Å². The fraction of sp³-hybridized carbons (Fsp3) is 0.632. The molecule has 3 saturated carbocycles. The molecule has 0 spiro atoms. The van der Waals surface area contributed by atoms with Gasteiger partial charge in [-0.05, 0) is 68.4 Å². The van der Waals surface area contributed by atoms with Gasteiger partial charge >= 0.3 is 0 Å². The molecule has 5 rings (SSSR count). The zero-order chi connectivity index (χ0) is 14.9. The molecule has 116 valence electrons. The van der Waals surface area contributed by atoms with Crippen LogP contribution in [0.25, 0.3) is 0 Å². The molecule has 1 aromatic carbocycles. The highest BCUT2D eigenvalue weighted by atomic mass is 16.2. The van der Waals surface area contributed by atoms with Crippen molar-refractivity contribution < 1.29 is 4.79 Å². The Hall–Kier alpha value is -1.51. The molecule has 4 aliphatic rings. The number of hydrogen-bond acceptors (Lipinski definition) is 2. The third kappa shape index (κ3) is 1.60. The van der Waals surface area contributed by atoms with Crippen molar-refractivity contribution in [3.63, 3.8) is 0 Å². The quantitative estimate of drug-likeness (QED) is 0.805. The topological polar surface area (TPSA) is 46.3 Å². The lowest BCUT2D eigenvalue weighted by Crippen LogP contribution is -2.58. The summed E-state index contributed by atoms with van der Waals surface area (Å²) in [5.74, 6) is 2.90. The lowest BCUT2D eigenvalue weighted by molar-refractivity contribution is -0.0593. The van der Waals surface area contributed by atoms with E-state index in [1.807, 2.05) is 18.2 Å². The van der Waals surface area contributed by atoms with E-state index in [-0.39, 0.29) is 11.4 Å². The summed E-state index contributed by atoms with van der Waals surface area (Å²) in [5.41, 5.74) is 8.98. The number of amides is 1. The van der Waals surface area contributed by atoms with Crippen molar-refractivity contribution >= 4 is 11.6 Å². The number of rotatable bonds is 1. The first-order chi connectivity index (χ1) is 10.7. The van der Waals surface area contributed by atoms with Crippen LogP contribution in [-0.4, -0.2) is 16.3 Å². The van der Waals surface area contributed by atoms with Gasteiger partial charge in [0.15, 0.2) is 0 Å². The van der Waals surface area contributed by atoms with Gasteiger partial charge in [0, 0.05) is 28.9 Å². The zero-order valence-corrected chi connectivity index (χ0v) is 13.1. The van der Waals surface area contributed by atoms with Crippen molar-refractivity contribution in [3.05, 3.63) is 29.3 Å². The van der Waals surface area contributed by atoms with Crippen LogP contribution in [0, 0.1) is 17.8 Å². The Bertz CT molecular complexity index is 651. The van der Waals surface area contributed by atoms with E-state index >= 15 is 0 Å². The SMILES string of the molecule is Nc1cccc2c1CN(C13CCC4CCC(CC4C1)C3)C2=O. The Morgan fingerprint density at radius 3 is 2.91 bits per heavy atom. The first-order valence-corrected chi connectivity index (χ1v) is 8.86. The highest BCUT2D eigenvalue weighted by Crippen LogP contribution is 2.57. The lowest BCUT2D eigenvalue weighted by Gasteiger charge is -2.58. The Morgan fingerprint density at radius 2 is 2.05 bits per heavy atom. The smallest absolute Gasteiger partial charge is 0.255 e. The largest absolute Gasteiger partial charge is 0.398 e. The molecule has 1 amide bonds. The van der Waals surface area contributed by atoms with Gasteiger partial charge in [-0.1, -0.05) is 12.5 Å². The molecule has 1 heterocycles. The number of fused-ring (bicyclic) bond motifs is 3. The molecule has 0 saturated heterocycles. The number of nitrogen functional groups attached to an aromatic ring is 1. The summed E-state index contributed by atoms with van der Waals surface area (Å²) in [4.78, 5) is 15.2. The van der Waals surface area contributed by atoms with Gasteiger partial charge in [-0.15, -0.1) is 0 Å². The molecule has 22 heavy (non-hydrogen) atoms. The lowest BCUT2D eigenvalue weighted by atomic mass is 9.54. The van der Waals surface area contributed by atoms with Gasteiger partial charge < -0.3 is 10.6 Å². The minimum atomic E-state index is 0.132. The van der Waals surface area contributed by atoms with E-state index in [1.165, 1.54) is 44.9 Å². The highest BCUT2D eigenvalue weighted by Gasteiger charge is 2.54. The Morgan fingerprint density at radius 1 is 1.14 bits per heavy atom.